The first-order valence-corrected chi connectivity index (χ1v) is 7.60. The number of methoxy groups -OCH3 is 1. The van der Waals surface area contributed by atoms with E-state index < -0.39 is 0 Å². The van der Waals surface area contributed by atoms with Gasteiger partial charge in [-0.15, -0.1) is 10.2 Å². The highest BCUT2D eigenvalue weighted by atomic mass is 32.2. The SMILES string of the molecule is COCCSc1nncc(-c2cnnc(SC)n2)n1. The molecule has 0 spiro atoms. The molecule has 2 aromatic rings. The summed E-state index contributed by atoms with van der Waals surface area (Å²) in [5, 5.41) is 16.9. The molecule has 19 heavy (non-hydrogen) atoms. The minimum Gasteiger partial charge on any atom is -0.384 e. The summed E-state index contributed by atoms with van der Waals surface area (Å²) in [6.07, 6.45) is 5.02. The van der Waals surface area contributed by atoms with Gasteiger partial charge >= 0.3 is 0 Å². The van der Waals surface area contributed by atoms with Crippen LogP contribution in [0.15, 0.2) is 22.7 Å². The molecule has 0 bridgehead atoms. The average molecular weight is 296 g/mol. The van der Waals surface area contributed by atoms with Crippen molar-refractivity contribution in [2.45, 2.75) is 10.3 Å². The number of hydrogen-bond donors (Lipinski definition) is 0. The van der Waals surface area contributed by atoms with Crippen LogP contribution in [0, 0.1) is 0 Å². The Morgan fingerprint density at radius 2 is 1.68 bits per heavy atom. The van der Waals surface area contributed by atoms with E-state index in [1.165, 1.54) is 23.5 Å². The summed E-state index contributed by atoms with van der Waals surface area (Å²) in [6, 6.07) is 0. The number of aromatic nitrogens is 6. The van der Waals surface area contributed by atoms with Crippen LogP contribution in [-0.2, 0) is 4.74 Å². The van der Waals surface area contributed by atoms with Crippen molar-refractivity contribution in [3.63, 3.8) is 0 Å². The van der Waals surface area contributed by atoms with E-state index in [4.69, 9.17) is 4.74 Å². The fourth-order valence-corrected chi connectivity index (χ4v) is 2.20. The van der Waals surface area contributed by atoms with Gasteiger partial charge in [-0.2, -0.15) is 10.2 Å². The largest absolute Gasteiger partial charge is 0.384 e. The zero-order chi connectivity index (χ0) is 13.5. The lowest BCUT2D eigenvalue weighted by Gasteiger charge is -2.02. The lowest BCUT2D eigenvalue weighted by atomic mass is 10.3. The molecule has 7 nitrogen and oxygen atoms in total. The van der Waals surface area contributed by atoms with Crippen molar-refractivity contribution < 1.29 is 4.74 Å². The first-order chi connectivity index (χ1) is 9.33. The quantitative estimate of drug-likeness (QED) is 0.576. The molecule has 2 aromatic heterocycles. The van der Waals surface area contributed by atoms with E-state index in [2.05, 4.69) is 30.4 Å². The molecule has 0 N–H and O–H groups in total. The van der Waals surface area contributed by atoms with Gasteiger partial charge in [0.25, 0.3) is 0 Å². The van der Waals surface area contributed by atoms with Gasteiger partial charge < -0.3 is 4.74 Å². The molecule has 2 rings (SSSR count). The summed E-state index contributed by atoms with van der Waals surface area (Å²) in [5.41, 5.74) is 1.28. The smallest absolute Gasteiger partial charge is 0.209 e. The van der Waals surface area contributed by atoms with Crippen molar-refractivity contribution in [1.29, 1.82) is 0 Å². The van der Waals surface area contributed by atoms with Crippen molar-refractivity contribution in [2.24, 2.45) is 0 Å². The third-order valence-electron chi connectivity index (χ3n) is 2.04. The van der Waals surface area contributed by atoms with E-state index >= 15 is 0 Å². The minimum atomic E-state index is 0.596. The number of ether oxygens (including phenoxy) is 1. The summed E-state index contributed by atoms with van der Waals surface area (Å²) in [4.78, 5) is 8.71. The van der Waals surface area contributed by atoms with Gasteiger partial charge in [0.05, 0.1) is 19.0 Å². The lowest BCUT2D eigenvalue weighted by Crippen LogP contribution is -1.99. The van der Waals surface area contributed by atoms with Crippen molar-refractivity contribution >= 4 is 23.5 Å². The van der Waals surface area contributed by atoms with E-state index in [0.717, 1.165) is 5.75 Å². The van der Waals surface area contributed by atoms with Gasteiger partial charge in [-0.25, -0.2) is 9.97 Å². The van der Waals surface area contributed by atoms with Gasteiger partial charge in [-0.1, -0.05) is 23.5 Å². The molecule has 0 amide bonds. The highest BCUT2D eigenvalue weighted by Gasteiger charge is 2.07. The Morgan fingerprint density at radius 1 is 1.05 bits per heavy atom. The van der Waals surface area contributed by atoms with Crippen molar-refractivity contribution in [2.75, 3.05) is 25.7 Å². The first-order valence-electron chi connectivity index (χ1n) is 5.39. The summed E-state index contributed by atoms with van der Waals surface area (Å²) in [7, 11) is 1.66. The number of thioether (sulfide) groups is 2. The van der Waals surface area contributed by atoms with Gasteiger partial charge in [0.15, 0.2) is 0 Å². The maximum Gasteiger partial charge on any atom is 0.209 e. The van der Waals surface area contributed by atoms with Gasteiger partial charge in [0, 0.05) is 12.9 Å². The standard InChI is InChI=1S/C10H12N6OS2/c1-17-3-4-19-10-14-8(6-12-16-10)7-5-11-15-9(13-7)18-2/h5-6H,3-4H2,1-2H3. The minimum absolute atomic E-state index is 0.596. The monoisotopic (exact) mass is 296 g/mol. The summed E-state index contributed by atoms with van der Waals surface area (Å²) in [5.74, 6) is 0.777. The Balaban J connectivity index is 2.17. The van der Waals surface area contributed by atoms with E-state index in [9.17, 15) is 0 Å². The molecule has 0 radical (unpaired) electrons. The Hall–Kier alpha value is -1.32. The predicted octanol–water partition coefficient (Wildman–Crippen LogP) is 1.18. The van der Waals surface area contributed by atoms with E-state index in [0.29, 0.717) is 28.3 Å². The second kappa shape index (κ2) is 7.31. The van der Waals surface area contributed by atoms with Crippen LogP contribution in [0.1, 0.15) is 0 Å². The molecule has 0 atom stereocenters. The molecule has 9 heteroatoms. The van der Waals surface area contributed by atoms with Crippen LogP contribution in [0.2, 0.25) is 0 Å². The summed E-state index contributed by atoms with van der Waals surface area (Å²) >= 11 is 2.91. The van der Waals surface area contributed by atoms with Crippen LogP contribution >= 0.6 is 23.5 Å². The fourth-order valence-electron chi connectivity index (χ4n) is 1.19. The molecule has 0 unspecified atom stereocenters. The molecule has 0 aliphatic heterocycles. The molecular weight excluding hydrogens is 284 g/mol. The van der Waals surface area contributed by atoms with Crippen LogP contribution in [-0.4, -0.2) is 56.1 Å². The number of rotatable bonds is 6. The van der Waals surface area contributed by atoms with E-state index in [1.807, 2.05) is 6.26 Å². The molecule has 0 aromatic carbocycles. The topological polar surface area (TPSA) is 86.6 Å². The molecule has 100 valence electrons. The van der Waals surface area contributed by atoms with Gasteiger partial charge in [-0.05, 0) is 6.26 Å². The predicted molar refractivity (Wildman–Crippen MR) is 73.0 cm³/mol. The fraction of sp³-hybridized carbons (Fsp3) is 0.400. The average Bonchev–Trinajstić information content (AvgIpc) is 2.48. The zero-order valence-electron chi connectivity index (χ0n) is 10.5. The summed E-state index contributed by atoms with van der Waals surface area (Å²) < 4.78 is 4.98. The van der Waals surface area contributed by atoms with Crippen LogP contribution in [0.25, 0.3) is 11.4 Å². The van der Waals surface area contributed by atoms with Gasteiger partial charge in [0.1, 0.15) is 11.4 Å². The molecule has 0 aliphatic rings. The Morgan fingerprint density at radius 3 is 2.32 bits per heavy atom. The summed E-state index contributed by atoms with van der Waals surface area (Å²) in [6.45, 7) is 0.643. The Bertz CT molecular complexity index is 541. The number of nitrogens with zero attached hydrogens (tertiary/aromatic N) is 6. The van der Waals surface area contributed by atoms with Crippen LogP contribution in [0.3, 0.4) is 0 Å². The maximum absolute atomic E-state index is 4.98. The van der Waals surface area contributed by atoms with Crippen LogP contribution in [0.4, 0.5) is 0 Å². The zero-order valence-corrected chi connectivity index (χ0v) is 12.1. The van der Waals surface area contributed by atoms with Crippen LogP contribution in [0.5, 0.6) is 0 Å². The van der Waals surface area contributed by atoms with E-state index in [-0.39, 0.29) is 0 Å². The molecular formula is C10H12N6OS2. The van der Waals surface area contributed by atoms with Crippen molar-refractivity contribution in [3.8, 4) is 11.4 Å². The Labute approximate surface area is 119 Å². The first kappa shape index (κ1) is 14.1. The Kier molecular flexibility index (Phi) is 5.43. The molecule has 0 fully saturated rings. The molecule has 0 saturated carbocycles. The van der Waals surface area contributed by atoms with Crippen LogP contribution < -0.4 is 0 Å². The third kappa shape index (κ3) is 4.08. The molecule has 0 aliphatic carbocycles. The van der Waals surface area contributed by atoms with Crippen molar-refractivity contribution in [1.82, 2.24) is 30.4 Å². The van der Waals surface area contributed by atoms with Crippen molar-refractivity contribution in [3.05, 3.63) is 12.4 Å². The normalized spacial score (nSPS) is 10.6. The highest BCUT2D eigenvalue weighted by Crippen LogP contribution is 2.18. The maximum atomic E-state index is 4.98. The number of hydrogen-bond acceptors (Lipinski definition) is 9. The second-order valence-electron chi connectivity index (χ2n) is 3.29. The molecule has 2 heterocycles. The van der Waals surface area contributed by atoms with Gasteiger partial charge in [0.2, 0.25) is 10.3 Å². The van der Waals surface area contributed by atoms with Gasteiger partial charge in [-0.3, -0.25) is 0 Å². The molecule has 0 saturated heterocycles. The highest BCUT2D eigenvalue weighted by molar-refractivity contribution is 7.99. The lowest BCUT2D eigenvalue weighted by molar-refractivity contribution is 0.218. The van der Waals surface area contributed by atoms with E-state index in [1.54, 1.807) is 19.5 Å². The third-order valence-corrected chi connectivity index (χ3v) is 3.38. The second-order valence-corrected chi connectivity index (χ2v) is 5.13.